The van der Waals surface area contributed by atoms with E-state index in [9.17, 15) is 44.4 Å². The largest absolute Gasteiger partial charge is 0.479 e. The SMILES string of the molecule is C=C(C)[C@@]1(O)[C@@H](COC(Cc2ccc(N3CCCNC3=O)cc2)(C(=O)O)C(=O)O)O[C@@H](n2cc(C)c(=O)[nH]c2=O)[C@@H]1O. The molecule has 0 radical (unpaired) electrons. The quantitative estimate of drug-likeness (QED) is 0.153. The highest BCUT2D eigenvalue weighted by Crippen LogP contribution is 2.41. The Labute approximate surface area is 238 Å². The number of carboxylic acids is 2. The first-order valence-corrected chi connectivity index (χ1v) is 13.0. The minimum Gasteiger partial charge on any atom is -0.479 e. The number of aliphatic hydroxyl groups is 2. The molecule has 15 nitrogen and oxygen atoms in total. The first-order valence-electron chi connectivity index (χ1n) is 13.0. The fourth-order valence-electron chi connectivity index (χ4n) is 5.03. The maximum Gasteiger partial charge on any atom is 0.348 e. The first-order chi connectivity index (χ1) is 19.7. The van der Waals surface area contributed by atoms with Gasteiger partial charge in [-0.25, -0.2) is 19.2 Å². The lowest BCUT2D eigenvalue weighted by Crippen LogP contribution is -2.55. The number of aryl methyl sites for hydroxylation is 1. The number of benzene rings is 1. The number of hydrogen-bond acceptors (Lipinski definition) is 9. The van der Waals surface area contributed by atoms with Gasteiger partial charge in [0.15, 0.2) is 6.23 Å². The predicted molar refractivity (Wildman–Crippen MR) is 145 cm³/mol. The van der Waals surface area contributed by atoms with Crippen LogP contribution in [0.15, 0.2) is 52.2 Å². The molecule has 1 aromatic heterocycles. The molecule has 2 saturated heterocycles. The summed E-state index contributed by atoms with van der Waals surface area (Å²) in [7, 11) is 0. The van der Waals surface area contributed by atoms with E-state index in [4.69, 9.17) is 9.47 Å². The van der Waals surface area contributed by atoms with Crippen LogP contribution in [0.5, 0.6) is 0 Å². The number of urea groups is 1. The number of anilines is 1. The smallest absolute Gasteiger partial charge is 0.348 e. The van der Waals surface area contributed by atoms with E-state index in [0.29, 0.717) is 18.8 Å². The van der Waals surface area contributed by atoms with Crippen molar-refractivity contribution in [2.24, 2.45) is 0 Å². The number of aromatic amines is 1. The van der Waals surface area contributed by atoms with Crippen LogP contribution < -0.4 is 21.5 Å². The number of H-pyrrole nitrogens is 1. The number of nitrogens with one attached hydrogen (secondary N) is 2. The zero-order chi connectivity index (χ0) is 31.0. The Balaban J connectivity index is 1.61. The topological polar surface area (TPSA) is 221 Å². The molecule has 2 fully saturated rings. The molecule has 2 aliphatic heterocycles. The molecule has 0 bridgehead atoms. The van der Waals surface area contributed by atoms with Crippen molar-refractivity contribution in [2.45, 2.75) is 56.3 Å². The Kier molecular flexibility index (Phi) is 8.41. The van der Waals surface area contributed by atoms with E-state index in [-0.39, 0.29) is 22.7 Å². The fraction of sp³-hybridized carbons (Fsp3) is 0.444. The van der Waals surface area contributed by atoms with E-state index < -0.39 is 65.9 Å². The number of hydrogen-bond donors (Lipinski definition) is 6. The summed E-state index contributed by atoms with van der Waals surface area (Å²) in [5.74, 6) is -3.67. The number of ether oxygens (including phenoxy) is 2. The average Bonchev–Trinajstić information content (AvgIpc) is 3.19. The van der Waals surface area contributed by atoms with Gasteiger partial charge in [0.25, 0.3) is 11.2 Å². The standard InChI is InChI=1S/C27H32N4O11/c1-14(2)27(40)18(42-21(19(27)32)31-12-15(3)20(33)29-25(31)39)13-41-26(22(34)35,23(36)37)11-16-5-7-17(8-6-16)30-10-4-9-28-24(30)38/h5-8,12,18-19,21,32,40H,1,4,9-11,13H2,2-3H3,(H,28,38)(H,34,35)(H,36,37)(H,29,33,39)/t18-,19+,21-,27-/m1/s1. The first kappa shape index (κ1) is 30.6. The van der Waals surface area contributed by atoms with E-state index in [1.54, 1.807) is 12.1 Å². The van der Waals surface area contributed by atoms with E-state index >= 15 is 0 Å². The monoisotopic (exact) mass is 588 g/mol. The van der Waals surface area contributed by atoms with Gasteiger partial charge in [-0.05, 0) is 43.5 Å². The maximum atomic E-state index is 12.5. The molecule has 42 heavy (non-hydrogen) atoms. The summed E-state index contributed by atoms with van der Waals surface area (Å²) in [6.45, 7) is 6.61. The van der Waals surface area contributed by atoms with Crippen LogP contribution in [-0.2, 0) is 25.5 Å². The summed E-state index contributed by atoms with van der Waals surface area (Å²) in [6.07, 6.45) is -3.77. The molecule has 2 amide bonds. The summed E-state index contributed by atoms with van der Waals surface area (Å²) in [5, 5.41) is 45.2. The van der Waals surface area contributed by atoms with Crippen molar-refractivity contribution in [1.29, 1.82) is 0 Å². The van der Waals surface area contributed by atoms with Gasteiger partial charge >= 0.3 is 23.7 Å². The number of amides is 2. The second-order valence-corrected chi connectivity index (χ2v) is 10.4. The van der Waals surface area contributed by atoms with Crippen molar-refractivity contribution in [3.63, 3.8) is 0 Å². The Morgan fingerprint density at radius 3 is 2.40 bits per heavy atom. The van der Waals surface area contributed by atoms with E-state index in [1.807, 2.05) is 0 Å². The van der Waals surface area contributed by atoms with Crippen molar-refractivity contribution < 1.29 is 44.3 Å². The molecule has 0 aliphatic carbocycles. The van der Waals surface area contributed by atoms with Gasteiger partial charge in [0.2, 0.25) is 0 Å². The molecule has 4 rings (SSSR count). The van der Waals surface area contributed by atoms with Crippen molar-refractivity contribution in [3.05, 3.63) is 74.6 Å². The fourth-order valence-corrected chi connectivity index (χ4v) is 5.03. The summed E-state index contributed by atoms with van der Waals surface area (Å²) in [4.78, 5) is 64.7. The lowest BCUT2D eigenvalue weighted by Gasteiger charge is -2.33. The van der Waals surface area contributed by atoms with Crippen LogP contribution in [0.25, 0.3) is 0 Å². The van der Waals surface area contributed by atoms with E-state index in [1.165, 1.54) is 30.9 Å². The van der Waals surface area contributed by atoms with Gasteiger partial charge in [-0.2, -0.15) is 0 Å². The molecule has 0 spiro atoms. The summed E-state index contributed by atoms with van der Waals surface area (Å²) in [6, 6.07) is 5.77. The third kappa shape index (κ3) is 5.34. The molecular formula is C27H32N4O11. The van der Waals surface area contributed by atoms with Gasteiger partial charge in [-0.3, -0.25) is 19.2 Å². The van der Waals surface area contributed by atoms with Gasteiger partial charge in [-0.1, -0.05) is 18.7 Å². The normalized spacial score (nSPS) is 24.3. The van der Waals surface area contributed by atoms with Crippen LogP contribution >= 0.6 is 0 Å². The van der Waals surface area contributed by atoms with E-state index in [0.717, 1.165) is 17.2 Å². The number of rotatable bonds is 10. The second-order valence-electron chi connectivity index (χ2n) is 10.4. The second kappa shape index (κ2) is 11.5. The summed E-state index contributed by atoms with van der Waals surface area (Å²) < 4.78 is 12.1. The number of aliphatic hydroxyl groups excluding tert-OH is 1. The third-order valence-corrected chi connectivity index (χ3v) is 7.57. The molecule has 0 unspecified atom stereocenters. The van der Waals surface area contributed by atoms with Crippen LogP contribution in [0.1, 0.15) is 30.7 Å². The van der Waals surface area contributed by atoms with E-state index in [2.05, 4.69) is 16.9 Å². The molecule has 4 atom stereocenters. The maximum absolute atomic E-state index is 12.5. The van der Waals surface area contributed by atoms with Gasteiger partial charge in [0.05, 0.1) is 6.61 Å². The summed E-state index contributed by atoms with van der Waals surface area (Å²) in [5.41, 5.74) is -5.90. The van der Waals surface area contributed by atoms with Gasteiger partial charge in [-0.15, -0.1) is 0 Å². The van der Waals surface area contributed by atoms with Gasteiger partial charge in [0.1, 0.15) is 17.8 Å². The lowest BCUT2D eigenvalue weighted by atomic mass is 9.85. The van der Waals surface area contributed by atoms with Crippen molar-refractivity contribution >= 4 is 23.7 Å². The Hall–Kier alpha value is -4.31. The molecule has 1 aromatic carbocycles. The lowest BCUT2D eigenvalue weighted by molar-refractivity contribution is -0.192. The minimum atomic E-state index is -2.85. The van der Waals surface area contributed by atoms with Crippen LogP contribution in [0.2, 0.25) is 0 Å². The molecule has 6 N–H and O–H groups in total. The average molecular weight is 589 g/mol. The molecular weight excluding hydrogens is 556 g/mol. The van der Waals surface area contributed by atoms with Gasteiger partial charge in [0, 0.05) is 37.0 Å². The highest BCUT2D eigenvalue weighted by Gasteiger charge is 2.58. The highest BCUT2D eigenvalue weighted by atomic mass is 16.6. The Morgan fingerprint density at radius 1 is 1.19 bits per heavy atom. The number of nitrogens with zero attached hydrogens (tertiary/aromatic N) is 2. The van der Waals surface area contributed by atoms with Crippen LogP contribution in [0.4, 0.5) is 10.5 Å². The Bertz CT molecular complexity index is 1500. The number of aromatic nitrogens is 2. The molecule has 2 aromatic rings. The predicted octanol–water partition coefficient (Wildman–Crippen LogP) is -0.502. The van der Waals surface area contributed by atoms with Crippen molar-refractivity contribution in [1.82, 2.24) is 14.9 Å². The van der Waals surface area contributed by atoms with Crippen molar-refractivity contribution in [3.8, 4) is 0 Å². The molecule has 3 heterocycles. The molecule has 226 valence electrons. The van der Waals surface area contributed by atoms with Crippen molar-refractivity contribution in [2.75, 3.05) is 24.6 Å². The minimum absolute atomic E-state index is 0.0334. The number of carbonyl (C=O) groups excluding carboxylic acids is 1. The number of aliphatic carboxylic acids is 2. The third-order valence-electron chi connectivity index (χ3n) is 7.57. The van der Waals surface area contributed by atoms with Crippen LogP contribution in [0, 0.1) is 6.92 Å². The van der Waals surface area contributed by atoms with Crippen LogP contribution in [-0.4, -0.2) is 91.1 Å². The zero-order valence-corrected chi connectivity index (χ0v) is 22.9. The highest BCUT2D eigenvalue weighted by molar-refractivity contribution is 6.02. The Morgan fingerprint density at radius 2 is 1.83 bits per heavy atom. The summed E-state index contributed by atoms with van der Waals surface area (Å²) >= 11 is 0. The molecule has 15 heteroatoms. The van der Waals surface area contributed by atoms with Crippen LogP contribution in [0.3, 0.4) is 0 Å². The number of carbonyl (C=O) groups is 3. The molecule has 0 saturated carbocycles. The van der Waals surface area contributed by atoms with Gasteiger partial charge < -0.3 is 35.2 Å². The zero-order valence-electron chi connectivity index (χ0n) is 22.9. The molecule has 2 aliphatic rings. The number of carboxylic acid groups (broad SMARTS) is 2.